The van der Waals surface area contributed by atoms with Gasteiger partial charge in [-0.05, 0) is 39.7 Å². The number of nitrogen functional groups attached to an aromatic ring is 1. The van der Waals surface area contributed by atoms with E-state index in [2.05, 4.69) is 20.9 Å². The zero-order valence-electron chi connectivity index (χ0n) is 9.02. The third-order valence-electron chi connectivity index (χ3n) is 2.40. The molecular formula is C12H8BrFN2O2. The van der Waals surface area contributed by atoms with Crippen molar-refractivity contribution in [2.45, 2.75) is 0 Å². The van der Waals surface area contributed by atoms with E-state index in [4.69, 9.17) is 10.8 Å². The number of hydrogen-bond donors (Lipinski definition) is 2. The molecule has 0 aliphatic carbocycles. The first-order valence-corrected chi connectivity index (χ1v) is 5.72. The van der Waals surface area contributed by atoms with Crippen molar-refractivity contribution in [2.24, 2.45) is 0 Å². The Morgan fingerprint density at radius 3 is 2.72 bits per heavy atom. The molecule has 3 N–H and O–H groups in total. The number of hydrogen-bond acceptors (Lipinski definition) is 3. The summed E-state index contributed by atoms with van der Waals surface area (Å²) in [6.45, 7) is 0. The molecule has 0 atom stereocenters. The van der Waals surface area contributed by atoms with E-state index >= 15 is 0 Å². The van der Waals surface area contributed by atoms with E-state index in [9.17, 15) is 9.18 Å². The Hall–Kier alpha value is -1.95. The third-order valence-corrected chi connectivity index (χ3v) is 2.83. The summed E-state index contributed by atoms with van der Waals surface area (Å²) in [6, 6.07) is 5.51. The minimum absolute atomic E-state index is 0.251. The van der Waals surface area contributed by atoms with Crippen molar-refractivity contribution in [3.63, 3.8) is 0 Å². The minimum atomic E-state index is -1.31. The van der Waals surface area contributed by atoms with Gasteiger partial charge in [0, 0.05) is 16.2 Å². The second-order valence-corrected chi connectivity index (χ2v) is 4.50. The Kier molecular flexibility index (Phi) is 3.29. The molecule has 0 fully saturated rings. The molecule has 1 heterocycles. The van der Waals surface area contributed by atoms with E-state index in [-0.39, 0.29) is 11.4 Å². The van der Waals surface area contributed by atoms with Crippen LogP contribution in [0.1, 0.15) is 10.4 Å². The number of carbonyl (C=O) groups is 1. The molecule has 2 rings (SSSR count). The molecule has 2 aromatic rings. The number of carboxylic acid groups (broad SMARTS) is 1. The summed E-state index contributed by atoms with van der Waals surface area (Å²) in [5, 5.41) is 8.74. The third kappa shape index (κ3) is 2.33. The van der Waals surface area contributed by atoms with Crippen molar-refractivity contribution in [1.29, 1.82) is 0 Å². The van der Waals surface area contributed by atoms with E-state index in [0.29, 0.717) is 15.6 Å². The van der Waals surface area contributed by atoms with E-state index in [1.807, 2.05) is 0 Å². The lowest BCUT2D eigenvalue weighted by atomic mass is 10.0. The lowest BCUT2D eigenvalue weighted by Gasteiger charge is -2.06. The second-order valence-electron chi connectivity index (χ2n) is 3.59. The Morgan fingerprint density at radius 2 is 2.11 bits per heavy atom. The zero-order chi connectivity index (χ0) is 13.3. The monoisotopic (exact) mass is 310 g/mol. The van der Waals surface area contributed by atoms with Gasteiger partial charge in [0.25, 0.3) is 0 Å². The summed E-state index contributed by atoms with van der Waals surface area (Å²) < 4.78 is 14.3. The summed E-state index contributed by atoms with van der Waals surface area (Å²) in [7, 11) is 0. The predicted molar refractivity (Wildman–Crippen MR) is 68.7 cm³/mol. The van der Waals surface area contributed by atoms with Crippen molar-refractivity contribution in [3.8, 4) is 11.1 Å². The molecule has 0 radical (unpaired) electrons. The number of nitrogens with two attached hydrogens (primary N) is 1. The van der Waals surface area contributed by atoms with Gasteiger partial charge in [-0.3, -0.25) is 0 Å². The molecule has 0 aliphatic rings. The number of rotatable bonds is 2. The molecule has 6 heteroatoms. The highest BCUT2D eigenvalue weighted by atomic mass is 79.9. The number of aromatic carboxylic acids is 1. The SMILES string of the molecule is Nc1ncc(Br)cc1-c1ccc(C(=O)O)c(F)c1. The molecule has 0 saturated carbocycles. The van der Waals surface area contributed by atoms with Crippen LogP contribution in [0.4, 0.5) is 10.2 Å². The van der Waals surface area contributed by atoms with Gasteiger partial charge in [-0.15, -0.1) is 0 Å². The fourth-order valence-electron chi connectivity index (χ4n) is 1.54. The molecular weight excluding hydrogens is 303 g/mol. The fourth-order valence-corrected chi connectivity index (χ4v) is 1.87. The number of nitrogens with zero attached hydrogens (tertiary/aromatic N) is 1. The first-order chi connectivity index (χ1) is 8.49. The minimum Gasteiger partial charge on any atom is -0.478 e. The normalized spacial score (nSPS) is 10.3. The molecule has 0 bridgehead atoms. The van der Waals surface area contributed by atoms with Crippen molar-refractivity contribution < 1.29 is 14.3 Å². The molecule has 0 aliphatic heterocycles. The molecule has 1 aromatic heterocycles. The van der Waals surface area contributed by atoms with Gasteiger partial charge in [-0.2, -0.15) is 0 Å². The van der Waals surface area contributed by atoms with Crippen LogP contribution in [0, 0.1) is 5.82 Å². The first-order valence-electron chi connectivity index (χ1n) is 4.93. The summed E-state index contributed by atoms with van der Waals surface area (Å²) in [4.78, 5) is 14.6. The summed E-state index contributed by atoms with van der Waals surface area (Å²) >= 11 is 3.24. The van der Waals surface area contributed by atoms with Crippen LogP contribution in [-0.4, -0.2) is 16.1 Å². The maximum Gasteiger partial charge on any atom is 0.338 e. The van der Waals surface area contributed by atoms with E-state index < -0.39 is 11.8 Å². The Bertz CT molecular complexity index is 631. The number of carboxylic acids is 1. The van der Waals surface area contributed by atoms with Crippen LogP contribution in [0.15, 0.2) is 34.9 Å². The van der Waals surface area contributed by atoms with Gasteiger partial charge in [0.05, 0.1) is 5.56 Å². The van der Waals surface area contributed by atoms with Gasteiger partial charge >= 0.3 is 5.97 Å². The largest absolute Gasteiger partial charge is 0.478 e. The Morgan fingerprint density at radius 1 is 1.39 bits per heavy atom. The van der Waals surface area contributed by atoms with Gasteiger partial charge in [-0.1, -0.05) is 6.07 Å². The Labute approximate surface area is 110 Å². The number of aromatic nitrogens is 1. The molecule has 0 saturated heterocycles. The van der Waals surface area contributed by atoms with Crippen molar-refractivity contribution in [1.82, 2.24) is 4.98 Å². The van der Waals surface area contributed by atoms with Crippen molar-refractivity contribution in [3.05, 3.63) is 46.3 Å². The van der Waals surface area contributed by atoms with Crippen LogP contribution < -0.4 is 5.73 Å². The quantitative estimate of drug-likeness (QED) is 0.894. The van der Waals surface area contributed by atoms with Gasteiger partial charge in [0.1, 0.15) is 11.6 Å². The van der Waals surface area contributed by atoms with Crippen LogP contribution >= 0.6 is 15.9 Å². The van der Waals surface area contributed by atoms with Gasteiger partial charge < -0.3 is 10.8 Å². The van der Waals surface area contributed by atoms with Crippen LogP contribution in [0.25, 0.3) is 11.1 Å². The smallest absolute Gasteiger partial charge is 0.338 e. The van der Waals surface area contributed by atoms with Crippen LogP contribution in [-0.2, 0) is 0 Å². The summed E-state index contributed by atoms with van der Waals surface area (Å²) in [6.07, 6.45) is 1.53. The van der Waals surface area contributed by atoms with Crippen LogP contribution in [0.2, 0.25) is 0 Å². The lowest BCUT2D eigenvalue weighted by molar-refractivity contribution is 0.0692. The maximum atomic E-state index is 13.6. The summed E-state index contributed by atoms with van der Waals surface area (Å²) in [5.74, 6) is -1.86. The van der Waals surface area contributed by atoms with Crippen molar-refractivity contribution in [2.75, 3.05) is 5.73 Å². The van der Waals surface area contributed by atoms with Gasteiger partial charge in [0.15, 0.2) is 0 Å². The molecule has 0 amide bonds. The first kappa shape index (κ1) is 12.5. The van der Waals surface area contributed by atoms with Crippen molar-refractivity contribution >= 4 is 27.7 Å². The second kappa shape index (κ2) is 4.73. The average Bonchev–Trinajstić information content (AvgIpc) is 2.31. The van der Waals surface area contributed by atoms with Gasteiger partial charge in [0.2, 0.25) is 0 Å². The van der Waals surface area contributed by atoms with Crippen LogP contribution in [0.5, 0.6) is 0 Å². The standard InChI is InChI=1S/C12H8BrFN2O2/c13-7-4-9(11(15)16-5-7)6-1-2-8(12(17)18)10(14)3-6/h1-5H,(H2,15,16)(H,17,18). The molecule has 0 unspecified atom stereocenters. The number of pyridine rings is 1. The highest BCUT2D eigenvalue weighted by Gasteiger charge is 2.12. The van der Waals surface area contributed by atoms with E-state index in [0.717, 1.165) is 6.07 Å². The predicted octanol–water partition coefficient (Wildman–Crippen LogP) is 2.93. The number of halogens is 2. The fraction of sp³-hybridized carbons (Fsp3) is 0. The number of anilines is 1. The molecule has 4 nitrogen and oxygen atoms in total. The molecule has 1 aromatic carbocycles. The molecule has 18 heavy (non-hydrogen) atoms. The summed E-state index contributed by atoms with van der Waals surface area (Å²) in [5.41, 5.74) is 6.34. The lowest BCUT2D eigenvalue weighted by Crippen LogP contribution is -2.01. The van der Waals surface area contributed by atoms with E-state index in [1.165, 1.54) is 18.3 Å². The molecule has 92 valence electrons. The average molecular weight is 311 g/mol. The van der Waals surface area contributed by atoms with Crippen LogP contribution in [0.3, 0.4) is 0 Å². The number of benzene rings is 1. The highest BCUT2D eigenvalue weighted by Crippen LogP contribution is 2.28. The van der Waals surface area contributed by atoms with E-state index in [1.54, 1.807) is 6.07 Å². The maximum absolute atomic E-state index is 13.6. The van der Waals surface area contributed by atoms with Gasteiger partial charge in [-0.25, -0.2) is 14.2 Å². The highest BCUT2D eigenvalue weighted by molar-refractivity contribution is 9.10. The molecule has 0 spiro atoms. The zero-order valence-corrected chi connectivity index (χ0v) is 10.6. The topological polar surface area (TPSA) is 76.2 Å². The Balaban J connectivity index is 2.55.